The fourth-order valence-electron chi connectivity index (χ4n) is 10.4. The van der Waals surface area contributed by atoms with Crippen LogP contribution >= 0.6 is 0 Å². The van der Waals surface area contributed by atoms with Gasteiger partial charge < -0.3 is 10.0 Å². The topological polar surface area (TPSA) is 43.5 Å². The number of fused-ring (bicyclic) bond motifs is 6. The van der Waals surface area contributed by atoms with E-state index in [1.54, 1.807) is 0 Å². The molecular formula is C56H67N2O2+. The lowest BCUT2D eigenvalue weighted by Gasteiger charge is -2.27. The number of carboxylic acids is 1. The Morgan fingerprint density at radius 3 is 2.05 bits per heavy atom. The predicted molar refractivity (Wildman–Crippen MR) is 257 cm³/mol. The van der Waals surface area contributed by atoms with Gasteiger partial charge in [0.1, 0.15) is 6.54 Å². The molecule has 5 aromatic rings. The highest BCUT2D eigenvalue weighted by molar-refractivity contribution is 6.09. The van der Waals surface area contributed by atoms with Crippen LogP contribution in [0.3, 0.4) is 0 Å². The predicted octanol–water partition coefficient (Wildman–Crippen LogP) is 14.3. The number of unbranched alkanes of at least 4 members (excludes halogenated alkanes) is 4. The summed E-state index contributed by atoms with van der Waals surface area (Å²) in [5, 5.41) is 14.9. The average Bonchev–Trinajstić information content (AvgIpc) is 3.55. The van der Waals surface area contributed by atoms with Gasteiger partial charge in [-0.2, -0.15) is 4.58 Å². The van der Waals surface area contributed by atoms with Crippen LogP contribution in [0.5, 0.6) is 0 Å². The second-order valence-electron chi connectivity index (χ2n) is 18.7. The monoisotopic (exact) mass is 800 g/mol. The molecule has 0 atom stereocenters. The normalized spacial score (nSPS) is 16.5. The summed E-state index contributed by atoms with van der Waals surface area (Å²) >= 11 is 0. The van der Waals surface area contributed by atoms with Crippen molar-refractivity contribution < 1.29 is 14.5 Å². The van der Waals surface area contributed by atoms with Crippen molar-refractivity contribution in [3.8, 4) is 0 Å². The maximum absolute atomic E-state index is 11.6. The first kappa shape index (κ1) is 42.9. The van der Waals surface area contributed by atoms with Gasteiger partial charge in [-0.05, 0) is 140 Å². The van der Waals surface area contributed by atoms with Crippen molar-refractivity contribution in [2.45, 2.75) is 131 Å². The number of benzene rings is 5. The Bertz CT molecular complexity index is 2590. The van der Waals surface area contributed by atoms with E-state index < -0.39 is 5.97 Å². The lowest BCUT2D eigenvalue weighted by Crippen LogP contribution is -2.28. The smallest absolute Gasteiger partial charge is 0.303 e. The quantitative estimate of drug-likeness (QED) is 0.0652. The van der Waals surface area contributed by atoms with Crippen LogP contribution in [0.25, 0.3) is 27.1 Å². The molecule has 2 aliphatic rings. The molecule has 0 saturated carbocycles. The van der Waals surface area contributed by atoms with Crippen LogP contribution < -0.4 is 4.90 Å². The van der Waals surface area contributed by atoms with Crippen LogP contribution in [0.4, 0.5) is 11.4 Å². The van der Waals surface area contributed by atoms with Crippen molar-refractivity contribution in [3.63, 3.8) is 0 Å². The highest BCUT2D eigenvalue weighted by Crippen LogP contribution is 2.52. The molecule has 1 N–H and O–H groups in total. The van der Waals surface area contributed by atoms with Crippen LogP contribution in [-0.4, -0.2) is 34.5 Å². The molecule has 312 valence electrons. The fraction of sp³-hybridized carbons (Fsp3) is 0.393. The zero-order valence-corrected chi connectivity index (χ0v) is 38.1. The zero-order valence-electron chi connectivity index (χ0n) is 38.1. The van der Waals surface area contributed by atoms with Crippen molar-refractivity contribution in [3.05, 3.63) is 147 Å². The molecule has 0 aromatic heterocycles. The number of hydrogen-bond donors (Lipinski definition) is 1. The molecule has 5 aromatic carbocycles. The number of carbonyl (C=O) groups is 1. The summed E-state index contributed by atoms with van der Waals surface area (Å²) in [4.78, 5) is 14.2. The van der Waals surface area contributed by atoms with Crippen LogP contribution in [0.2, 0.25) is 0 Å². The lowest BCUT2D eigenvalue weighted by molar-refractivity contribution is -0.438. The van der Waals surface area contributed by atoms with Gasteiger partial charge in [0.05, 0.1) is 5.41 Å². The third kappa shape index (κ3) is 8.15. The van der Waals surface area contributed by atoms with E-state index in [1.807, 2.05) is 0 Å². The summed E-state index contributed by atoms with van der Waals surface area (Å²) in [6.45, 7) is 25.0. The van der Waals surface area contributed by atoms with E-state index in [2.05, 4.69) is 176 Å². The Morgan fingerprint density at radius 2 is 1.38 bits per heavy atom. The summed E-state index contributed by atoms with van der Waals surface area (Å²) in [6, 6.07) is 27.3. The number of rotatable bonds is 15. The molecule has 0 bridgehead atoms. The minimum atomic E-state index is -0.773. The molecule has 2 aliphatic heterocycles. The molecule has 0 aliphatic carbocycles. The molecule has 0 unspecified atom stereocenters. The highest BCUT2D eigenvalue weighted by atomic mass is 16.4. The molecule has 4 nitrogen and oxygen atoms in total. The lowest BCUT2D eigenvalue weighted by atomic mass is 9.78. The third-order valence-corrected chi connectivity index (χ3v) is 13.3. The number of nitrogens with zero attached hydrogens (tertiary/aromatic N) is 2. The molecule has 7 rings (SSSR count). The first-order valence-corrected chi connectivity index (χ1v) is 22.6. The molecule has 4 heteroatoms. The average molecular weight is 800 g/mol. The highest BCUT2D eigenvalue weighted by Gasteiger charge is 2.46. The molecule has 0 fully saturated rings. The van der Waals surface area contributed by atoms with Gasteiger partial charge in [-0.3, -0.25) is 4.79 Å². The minimum absolute atomic E-state index is 0.110. The van der Waals surface area contributed by atoms with Crippen molar-refractivity contribution in [2.75, 3.05) is 18.0 Å². The molecule has 0 spiro atoms. The number of carboxylic acid groups (broad SMARTS) is 1. The third-order valence-electron chi connectivity index (χ3n) is 13.3. The fourth-order valence-corrected chi connectivity index (χ4v) is 10.4. The Hall–Kier alpha value is -5.22. The summed E-state index contributed by atoms with van der Waals surface area (Å²) in [6.07, 6.45) is 17.1. The van der Waals surface area contributed by atoms with Crippen LogP contribution in [0.1, 0.15) is 131 Å². The second kappa shape index (κ2) is 17.4. The maximum Gasteiger partial charge on any atom is 0.303 e. The van der Waals surface area contributed by atoms with Gasteiger partial charge in [-0.25, -0.2) is 0 Å². The van der Waals surface area contributed by atoms with Crippen molar-refractivity contribution in [2.24, 2.45) is 0 Å². The SMILES string of the molecule is CCCCCN1C(=CC=C(C=CC2=[N+](CCCCC)c3ccc4c(C)cc(C)cc4c3C2(C)C)c2cccc(CCC(=O)O)c2)C(C)(C)c2c1ccc1c(C)cc(C)cc21. The molecule has 0 radical (unpaired) electrons. The van der Waals surface area contributed by atoms with Crippen molar-refractivity contribution in [1.29, 1.82) is 0 Å². The molecule has 2 heterocycles. The summed E-state index contributed by atoms with van der Waals surface area (Å²) in [7, 11) is 0. The van der Waals surface area contributed by atoms with Crippen molar-refractivity contribution >= 4 is 50.2 Å². The largest absolute Gasteiger partial charge is 0.481 e. The Balaban J connectivity index is 1.41. The van der Waals surface area contributed by atoms with E-state index in [9.17, 15) is 9.90 Å². The Kier molecular flexibility index (Phi) is 12.4. The summed E-state index contributed by atoms with van der Waals surface area (Å²) in [5.74, 6) is -0.773. The van der Waals surface area contributed by atoms with E-state index >= 15 is 0 Å². The Labute approximate surface area is 360 Å². The van der Waals surface area contributed by atoms with Gasteiger partial charge in [-0.1, -0.05) is 119 Å². The van der Waals surface area contributed by atoms with Gasteiger partial charge in [0.2, 0.25) is 5.69 Å². The summed E-state index contributed by atoms with van der Waals surface area (Å²) < 4.78 is 2.60. The summed E-state index contributed by atoms with van der Waals surface area (Å²) in [5.41, 5.74) is 16.1. The minimum Gasteiger partial charge on any atom is -0.481 e. The first-order chi connectivity index (χ1) is 28.7. The second-order valence-corrected chi connectivity index (χ2v) is 18.7. The Morgan fingerprint density at radius 1 is 0.733 bits per heavy atom. The molecule has 0 amide bonds. The first-order valence-electron chi connectivity index (χ1n) is 22.6. The zero-order chi connectivity index (χ0) is 42.9. The van der Waals surface area contributed by atoms with Gasteiger partial charge in [0, 0.05) is 53.9 Å². The number of aliphatic carboxylic acids is 1. The van der Waals surface area contributed by atoms with Gasteiger partial charge in [0.25, 0.3) is 0 Å². The van der Waals surface area contributed by atoms with Gasteiger partial charge >= 0.3 is 5.97 Å². The van der Waals surface area contributed by atoms with Crippen LogP contribution in [-0.2, 0) is 22.0 Å². The van der Waals surface area contributed by atoms with Gasteiger partial charge in [-0.15, -0.1) is 0 Å². The maximum atomic E-state index is 11.6. The van der Waals surface area contributed by atoms with Crippen LogP contribution in [0.15, 0.2) is 103 Å². The standard InChI is InChI=1S/C56H66N2O2/c1-11-13-15-30-57-48-25-23-44-39(5)32-37(3)34-46(44)53(48)55(7,8)50(57)27-21-42(43-19-17-18-41(36-43)20-29-52(59)60)22-28-51-56(9,10)54-47-35-38(4)33-40(6)45(47)24-26-49(54)58(51)31-16-14-12-2/h17-19,21-28,32-36H,11-16,20,29-31H2,1-10H3/p+1. The van der Waals surface area contributed by atoms with E-state index in [0.29, 0.717) is 6.42 Å². The van der Waals surface area contributed by atoms with E-state index in [0.717, 1.165) is 42.6 Å². The molecule has 60 heavy (non-hydrogen) atoms. The number of anilines is 1. The van der Waals surface area contributed by atoms with Crippen molar-refractivity contribution in [1.82, 2.24) is 0 Å². The number of allylic oxidation sites excluding steroid dienone is 6. The molecule has 0 saturated heterocycles. The van der Waals surface area contributed by atoms with Gasteiger partial charge in [0.15, 0.2) is 5.71 Å². The van der Waals surface area contributed by atoms with E-state index in [-0.39, 0.29) is 17.3 Å². The number of aryl methyl sites for hydroxylation is 5. The van der Waals surface area contributed by atoms with E-state index in [4.69, 9.17) is 0 Å². The molecular weight excluding hydrogens is 733 g/mol. The van der Waals surface area contributed by atoms with E-state index in [1.165, 1.54) is 103 Å². The number of hydrogen-bond acceptors (Lipinski definition) is 2. The van der Waals surface area contributed by atoms with Crippen LogP contribution in [0, 0.1) is 27.7 Å².